The van der Waals surface area contributed by atoms with Crippen LogP contribution >= 0.6 is 7.26 Å². The topological polar surface area (TPSA) is 0 Å². The Morgan fingerprint density at radius 2 is 1.00 bits per heavy atom. The maximum Gasteiger partial charge on any atom is 0.0589 e. The third kappa shape index (κ3) is 4.11. The van der Waals surface area contributed by atoms with Crippen LogP contribution in [0, 0.1) is 0 Å². The quantitative estimate of drug-likeness (QED) is 0.491. The molecule has 1 heteroatoms. The first kappa shape index (κ1) is 9.52. The molecule has 1 aliphatic rings. The summed E-state index contributed by atoms with van der Waals surface area (Å²) < 4.78 is 0. The smallest absolute Gasteiger partial charge is 0.0532 e. The van der Waals surface area contributed by atoms with Gasteiger partial charge in [-0.2, -0.15) is 0 Å². The zero-order valence-electron chi connectivity index (χ0n) is 8.10. The Labute approximate surface area is 72.1 Å². The fourth-order valence-electron chi connectivity index (χ4n) is 1.90. The molecule has 0 aromatic heterocycles. The van der Waals surface area contributed by atoms with Crippen molar-refractivity contribution >= 4 is 7.26 Å². The molecule has 0 aromatic rings. The van der Waals surface area contributed by atoms with Crippen molar-refractivity contribution < 1.29 is 0 Å². The Bertz CT molecular complexity index is 95.4. The van der Waals surface area contributed by atoms with Gasteiger partial charge in [-0.05, 0) is 25.7 Å². The summed E-state index contributed by atoms with van der Waals surface area (Å²) in [5, 5.41) is 0. The molecule has 1 rings (SSSR count). The molecule has 1 saturated heterocycles. The standard InChI is InChI=1S/C10H22P/c1-11(2)9-7-5-3-4-6-8-10-11/h3-10H2,1-2H3/q+1. The number of hydrogen-bond donors (Lipinski definition) is 0. The highest BCUT2D eigenvalue weighted by molar-refractivity contribution is 7.74. The lowest BCUT2D eigenvalue weighted by molar-refractivity contribution is 0.636. The lowest BCUT2D eigenvalue weighted by Crippen LogP contribution is -1.99. The highest BCUT2D eigenvalue weighted by Crippen LogP contribution is 2.53. The molecule has 0 aliphatic carbocycles. The normalized spacial score (nSPS) is 26.7. The van der Waals surface area contributed by atoms with Crippen LogP contribution in [0.4, 0.5) is 0 Å². The summed E-state index contributed by atoms with van der Waals surface area (Å²) in [5.74, 6) is 0. The zero-order chi connectivity index (χ0) is 8.16. The molecule has 0 amide bonds. The van der Waals surface area contributed by atoms with Crippen LogP contribution in [0.3, 0.4) is 0 Å². The van der Waals surface area contributed by atoms with Gasteiger partial charge in [-0.3, -0.25) is 0 Å². The molecule has 11 heavy (non-hydrogen) atoms. The third-order valence-corrected chi connectivity index (χ3v) is 5.83. The molecule has 1 heterocycles. The second-order valence-corrected chi connectivity index (χ2v) is 9.27. The maximum atomic E-state index is 2.54. The molecule has 0 atom stereocenters. The first-order valence-electron chi connectivity index (χ1n) is 5.03. The zero-order valence-corrected chi connectivity index (χ0v) is 9.00. The average molecular weight is 173 g/mol. The number of rotatable bonds is 0. The summed E-state index contributed by atoms with van der Waals surface area (Å²) in [7, 11) is -0.436. The predicted octanol–water partition coefficient (Wildman–Crippen LogP) is 3.62. The van der Waals surface area contributed by atoms with Gasteiger partial charge in [-0.1, -0.05) is 12.8 Å². The summed E-state index contributed by atoms with van der Waals surface area (Å²) in [6.07, 6.45) is 12.2. The maximum absolute atomic E-state index is 2.54. The Hall–Kier alpha value is 0.430. The lowest BCUT2D eigenvalue weighted by Gasteiger charge is -2.16. The summed E-state index contributed by atoms with van der Waals surface area (Å²) in [6, 6.07) is 0. The minimum Gasteiger partial charge on any atom is -0.0532 e. The average Bonchev–Trinajstić information content (AvgIpc) is 2.00. The minimum absolute atomic E-state index is 0.436. The molecular weight excluding hydrogens is 151 g/mol. The van der Waals surface area contributed by atoms with Gasteiger partial charge in [0, 0.05) is 20.6 Å². The van der Waals surface area contributed by atoms with Crippen LogP contribution in [0.2, 0.25) is 0 Å². The molecule has 0 bridgehead atoms. The van der Waals surface area contributed by atoms with Gasteiger partial charge in [0.25, 0.3) is 0 Å². The van der Waals surface area contributed by atoms with Gasteiger partial charge in [0.15, 0.2) is 0 Å². The molecule has 0 saturated carbocycles. The van der Waals surface area contributed by atoms with Crippen molar-refractivity contribution in [3.8, 4) is 0 Å². The van der Waals surface area contributed by atoms with E-state index in [9.17, 15) is 0 Å². The molecule has 66 valence electrons. The Balaban J connectivity index is 2.31. The highest BCUT2D eigenvalue weighted by Gasteiger charge is 2.23. The molecule has 1 fully saturated rings. The predicted molar refractivity (Wildman–Crippen MR) is 56.2 cm³/mol. The fraction of sp³-hybridized carbons (Fsp3) is 1.00. The summed E-state index contributed by atoms with van der Waals surface area (Å²) in [4.78, 5) is 0. The van der Waals surface area contributed by atoms with E-state index >= 15 is 0 Å². The van der Waals surface area contributed by atoms with Gasteiger partial charge in [0.1, 0.15) is 0 Å². The highest BCUT2D eigenvalue weighted by atomic mass is 31.2. The van der Waals surface area contributed by atoms with Crippen molar-refractivity contribution in [3.05, 3.63) is 0 Å². The van der Waals surface area contributed by atoms with E-state index < -0.39 is 7.26 Å². The van der Waals surface area contributed by atoms with Crippen molar-refractivity contribution in [1.29, 1.82) is 0 Å². The molecular formula is C10H22P+. The van der Waals surface area contributed by atoms with Crippen LogP contribution < -0.4 is 0 Å². The summed E-state index contributed by atoms with van der Waals surface area (Å²) in [6.45, 7) is 5.08. The summed E-state index contributed by atoms with van der Waals surface area (Å²) >= 11 is 0. The van der Waals surface area contributed by atoms with Gasteiger partial charge in [0.05, 0.1) is 12.3 Å². The van der Waals surface area contributed by atoms with Crippen molar-refractivity contribution in [1.82, 2.24) is 0 Å². The van der Waals surface area contributed by atoms with E-state index in [-0.39, 0.29) is 0 Å². The van der Waals surface area contributed by atoms with Crippen molar-refractivity contribution in [2.75, 3.05) is 25.7 Å². The summed E-state index contributed by atoms with van der Waals surface area (Å²) in [5.41, 5.74) is 0. The first-order valence-corrected chi connectivity index (χ1v) is 8.08. The van der Waals surface area contributed by atoms with Crippen LogP contribution in [-0.2, 0) is 0 Å². The Morgan fingerprint density at radius 1 is 0.636 bits per heavy atom. The van der Waals surface area contributed by atoms with Crippen LogP contribution in [0.25, 0.3) is 0 Å². The van der Waals surface area contributed by atoms with E-state index in [2.05, 4.69) is 13.3 Å². The van der Waals surface area contributed by atoms with E-state index in [4.69, 9.17) is 0 Å². The van der Waals surface area contributed by atoms with E-state index in [0.29, 0.717) is 0 Å². The van der Waals surface area contributed by atoms with Gasteiger partial charge >= 0.3 is 0 Å². The second-order valence-electron chi connectivity index (χ2n) is 4.50. The Morgan fingerprint density at radius 3 is 1.45 bits per heavy atom. The lowest BCUT2D eigenvalue weighted by atomic mass is 10.1. The Kier molecular flexibility index (Phi) is 3.85. The van der Waals surface area contributed by atoms with E-state index in [0.717, 1.165) is 0 Å². The van der Waals surface area contributed by atoms with Gasteiger partial charge in [-0.25, -0.2) is 0 Å². The van der Waals surface area contributed by atoms with E-state index in [1.807, 2.05) is 0 Å². The monoisotopic (exact) mass is 173 g/mol. The second kappa shape index (κ2) is 4.45. The van der Waals surface area contributed by atoms with Gasteiger partial charge < -0.3 is 0 Å². The van der Waals surface area contributed by atoms with Gasteiger partial charge in [-0.15, -0.1) is 0 Å². The molecule has 0 N–H and O–H groups in total. The van der Waals surface area contributed by atoms with Crippen LogP contribution in [0.15, 0.2) is 0 Å². The van der Waals surface area contributed by atoms with E-state index in [1.165, 1.54) is 38.5 Å². The molecule has 0 radical (unpaired) electrons. The van der Waals surface area contributed by atoms with Crippen LogP contribution in [-0.4, -0.2) is 25.7 Å². The first-order chi connectivity index (χ1) is 5.21. The fourth-order valence-corrected chi connectivity index (χ4v) is 4.28. The van der Waals surface area contributed by atoms with Crippen molar-refractivity contribution in [2.45, 2.75) is 38.5 Å². The SMILES string of the molecule is C[P+]1(C)CCCCCCCC1. The molecule has 0 aromatic carbocycles. The largest absolute Gasteiger partial charge is 0.0589 e. The van der Waals surface area contributed by atoms with Crippen LogP contribution in [0.1, 0.15) is 38.5 Å². The molecule has 0 unspecified atom stereocenters. The number of hydrogen-bond acceptors (Lipinski definition) is 0. The third-order valence-electron chi connectivity index (χ3n) is 2.78. The molecule has 0 nitrogen and oxygen atoms in total. The minimum atomic E-state index is -0.436. The van der Waals surface area contributed by atoms with Gasteiger partial charge in [0.2, 0.25) is 0 Å². The molecule has 1 aliphatic heterocycles. The van der Waals surface area contributed by atoms with Crippen molar-refractivity contribution in [3.63, 3.8) is 0 Å². The van der Waals surface area contributed by atoms with E-state index in [1.54, 1.807) is 12.3 Å². The van der Waals surface area contributed by atoms with Crippen molar-refractivity contribution in [2.24, 2.45) is 0 Å². The van der Waals surface area contributed by atoms with Crippen LogP contribution in [0.5, 0.6) is 0 Å². The molecule has 0 spiro atoms.